The van der Waals surface area contributed by atoms with Crippen LogP contribution in [0.3, 0.4) is 0 Å². The normalized spacial score (nSPS) is 12.1. The van der Waals surface area contributed by atoms with E-state index in [1.165, 1.54) is 30.3 Å². The number of halogens is 2. The second-order valence-corrected chi connectivity index (χ2v) is 9.74. The molecule has 2 amide bonds. The van der Waals surface area contributed by atoms with Gasteiger partial charge in [-0.3, -0.25) is 14.5 Å². The Morgan fingerprint density at radius 2 is 1.71 bits per heavy atom. The number of likely N-dealkylation sites (N-methyl/N-ethyl adjacent to an activating group) is 1. The molecule has 3 rings (SSSR count). The molecule has 0 aliphatic heterocycles. The van der Waals surface area contributed by atoms with E-state index in [-0.39, 0.29) is 16.9 Å². The number of carbonyl (C=O) groups is 2. The van der Waals surface area contributed by atoms with Crippen LogP contribution in [-0.4, -0.2) is 50.6 Å². The van der Waals surface area contributed by atoms with E-state index in [0.29, 0.717) is 4.90 Å². The van der Waals surface area contributed by atoms with Gasteiger partial charge in [0.25, 0.3) is 11.8 Å². The van der Waals surface area contributed by atoms with E-state index in [2.05, 4.69) is 10.1 Å². The van der Waals surface area contributed by atoms with Crippen molar-refractivity contribution in [2.75, 3.05) is 12.8 Å². The molecule has 0 spiro atoms. The summed E-state index contributed by atoms with van der Waals surface area (Å²) < 4.78 is 55.5. The smallest absolute Gasteiger partial charge is 0.387 e. The van der Waals surface area contributed by atoms with Crippen molar-refractivity contribution in [1.29, 1.82) is 5.26 Å². The van der Waals surface area contributed by atoms with Crippen molar-refractivity contribution >= 4 is 32.4 Å². The number of hydrogen-bond donors (Lipinski definition) is 1. The summed E-state index contributed by atoms with van der Waals surface area (Å²) in [7, 11) is -3.00. The van der Waals surface area contributed by atoms with E-state index in [9.17, 15) is 26.8 Å². The van der Waals surface area contributed by atoms with Crippen molar-refractivity contribution in [3.05, 3.63) is 77.9 Å². The summed E-state index contributed by atoms with van der Waals surface area (Å²) in [6, 6.07) is 15.9. The van der Waals surface area contributed by atoms with Crippen LogP contribution in [0.5, 0.6) is 5.75 Å². The minimum atomic E-state index is -4.14. The quantitative estimate of drug-likeness (QED) is 0.356. The van der Waals surface area contributed by atoms with Gasteiger partial charge in [-0.1, -0.05) is 48.5 Å². The maximum absolute atomic E-state index is 12.9. The number of rotatable bonds is 9. The molecule has 0 saturated carbocycles. The second-order valence-electron chi connectivity index (χ2n) is 7.63. The highest BCUT2D eigenvalue weighted by atomic mass is 32.2. The van der Waals surface area contributed by atoms with Crippen LogP contribution in [0.1, 0.15) is 15.9 Å². The lowest BCUT2D eigenvalue weighted by molar-refractivity contribution is -0.128. The fraction of sp³-hybridized carbons (Fsp3) is 0.208. The standard InChI is InChI=1S/C24H21F2N3O5S/c1-29(15-27)23(31)20(28-22(30)18-11-10-16-6-2-3-7-17(16)12-18)14-35(32,33)13-19-8-4-5-9-21(19)34-24(25)26/h2-12,20,24H,13-14H2,1H3,(H,28,30)/t20-/m0/s1. The summed E-state index contributed by atoms with van der Waals surface area (Å²) in [6.07, 6.45) is 1.58. The molecule has 0 aromatic heterocycles. The van der Waals surface area contributed by atoms with Crippen LogP contribution in [0.25, 0.3) is 10.8 Å². The number of hydrogen-bond acceptors (Lipinski definition) is 6. The first-order valence-corrected chi connectivity index (χ1v) is 12.1. The number of nitrogens with zero attached hydrogens (tertiary/aromatic N) is 2. The molecule has 35 heavy (non-hydrogen) atoms. The molecule has 0 heterocycles. The van der Waals surface area contributed by atoms with Crippen LogP contribution in [0.15, 0.2) is 66.7 Å². The highest BCUT2D eigenvalue weighted by Crippen LogP contribution is 2.23. The van der Waals surface area contributed by atoms with E-state index in [4.69, 9.17) is 5.26 Å². The molecule has 1 N–H and O–H groups in total. The molecule has 0 aliphatic rings. The van der Waals surface area contributed by atoms with Gasteiger partial charge in [0.2, 0.25) is 0 Å². The van der Waals surface area contributed by atoms with Crippen molar-refractivity contribution in [1.82, 2.24) is 10.2 Å². The number of carbonyl (C=O) groups excluding carboxylic acids is 2. The summed E-state index contributed by atoms with van der Waals surface area (Å²) in [6.45, 7) is -3.15. The second kappa shape index (κ2) is 10.9. The van der Waals surface area contributed by atoms with Crippen LogP contribution in [0, 0.1) is 11.5 Å². The summed E-state index contributed by atoms with van der Waals surface area (Å²) in [4.78, 5) is 26.2. The van der Waals surface area contributed by atoms with Crippen LogP contribution >= 0.6 is 0 Å². The Bertz CT molecular complexity index is 1390. The van der Waals surface area contributed by atoms with Crippen molar-refractivity contribution in [3.63, 3.8) is 0 Å². The minimum absolute atomic E-state index is 0.0338. The Kier molecular flexibility index (Phi) is 7.98. The molecular formula is C24H21F2N3O5S. The highest BCUT2D eigenvalue weighted by Gasteiger charge is 2.31. The van der Waals surface area contributed by atoms with Crippen molar-refractivity contribution in [2.24, 2.45) is 0 Å². The maximum Gasteiger partial charge on any atom is 0.387 e. The van der Waals surface area contributed by atoms with Gasteiger partial charge in [-0.2, -0.15) is 14.0 Å². The third kappa shape index (κ3) is 6.74. The molecule has 0 saturated heterocycles. The van der Waals surface area contributed by atoms with Gasteiger partial charge in [0.05, 0.1) is 11.5 Å². The first-order valence-electron chi connectivity index (χ1n) is 10.3. The van der Waals surface area contributed by atoms with Gasteiger partial charge in [-0.15, -0.1) is 0 Å². The predicted octanol–water partition coefficient (Wildman–Crippen LogP) is 3.09. The average Bonchev–Trinajstić information content (AvgIpc) is 2.82. The number of fused-ring (bicyclic) bond motifs is 1. The lowest BCUT2D eigenvalue weighted by Gasteiger charge is -2.20. The average molecular weight is 502 g/mol. The molecule has 1 atom stereocenters. The molecule has 0 radical (unpaired) electrons. The zero-order chi connectivity index (χ0) is 25.6. The Labute approximate surface area is 200 Å². The molecule has 3 aromatic rings. The van der Waals surface area contributed by atoms with E-state index in [1.807, 2.05) is 12.1 Å². The number of nitriles is 1. The van der Waals surface area contributed by atoms with Crippen molar-refractivity contribution in [2.45, 2.75) is 18.4 Å². The van der Waals surface area contributed by atoms with Gasteiger partial charge in [0, 0.05) is 18.2 Å². The molecule has 0 unspecified atom stereocenters. The summed E-state index contributed by atoms with van der Waals surface area (Å²) in [5.41, 5.74) is 0.155. The number of ether oxygens (including phenoxy) is 1. The SMILES string of the molecule is CN(C#N)C(=O)[C@H](CS(=O)(=O)Cc1ccccc1OC(F)F)NC(=O)c1ccc2ccccc2c1. The van der Waals surface area contributed by atoms with Gasteiger partial charge in [-0.05, 0) is 29.0 Å². The highest BCUT2D eigenvalue weighted by molar-refractivity contribution is 7.90. The number of amides is 2. The first-order chi connectivity index (χ1) is 16.6. The predicted molar refractivity (Wildman–Crippen MR) is 124 cm³/mol. The number of sulfone groups is 1. The molecule has 182 valence electrons. The van der Waals surface area contributed by atoms with Crippen LogP contribution in [0.4, 0.5) is 8.78 Å². The molecule has 0 bridgehead atoms. The number of alkyl halides is 2. The largest absolute Gasteiger partial charge is 0.435 e. The lowest BCUT2D eigenvalue weighted by atomic mass is 10.1. The maximum atomic E-state index is 12.9. The molecule has 3 aromatic carbocycles. The van der Waals surface area contributed by atoms with Gasteiger partial charge in [-0.25, -0.2) is 8.42 Å². The van der Waals surface area contributed by atoms with Crippen LogP contribution < -0.4 is 10.1 Å². The van der Waals surface area contributed by atoms with E-state index in [1.54, 1.807) is 30.5 Å². The number of para-hydroxylation sites is 1. The van der Waals surface area contributed by atoms with Gasteiger partial charge >= 0.3 is 6.61 Å². The third-order valence-electron chi connectivity index (χ3n) is 5.08. The molecule has 0 fully saturated rings. The molecule has 11 heteroatoms. The van der Waals surface area contributed by atoms with Gasteiger partial charge < -0.3 is 10.1 Å². The number of nitrogens with one attached hydrogen (secondary N) is 1. The summed E-state index contributed by atoms with van der Waals surface area (Å²) >= 11 is 0. The molecule has 8 nitrogen and oxygen atoms in total. The number of benzene rings is 3. The molecule has 0 aliphatic carbocycles. The van der Waals surface area contributed by atoms with Crippen molar-refractivity contribution in [3.8, 4) is 11.9 Å². The Hall–Kier alpha value is -4.04. The summed E-state index contributed by atoms with van der Waals surface area (Å²) in [5.74, 6) is -3.55. The lowest BCUT2D eigenvalue weighted by Crippen LogP contribution is -2.50. The van der Waals surface area contributed by atoms with E-state index in [0.717, 1.165) is 17.8 Å². The van der Waals surface area contributed by atoms with Gasteiger partial charge in [0.1, 0.15) is 11.8 Å². The molecular weight excluding hydrogens is 480 g/mol. The summed E-state index contributed by atoms with van der Waals surface area (Å²) in [5, 5.41) is 13.1. The van der Waals surface area contributed by atoms with Crippen LogP contribution in [-0.2, 0) is 20.4 Å². The zero-order valence-corrected chi connectivity index (χ0v) is 19.3. The zero-order valence-electron chi connectivity index (χ0n) is 18.5. The monoisotopic (exact) mass is 501 g/mol. The van der Waals surface area contributed by atoms with E-state index >= 15 is 0 Å². The minimum Gasteiger partial charge on any atom is -0.435 e. The Morgan fingerprint density at radius 3 is 2.40 bits per heavy atom. The van der Waals surface area contributed by atoms with Crippen molar-refractivity contribution < 1.29 is 31.5 Å². The first kappa shape index (κ1) is 25.6. The topological polar surface area (TPSA) is 117 Å². The Balaban J connectivity index is 1.85. The fourth-order valence-electron chi connectivity index (χ4n) is 3.41. The Morgan fingerprint density at radius 1 is 1.06 bits per heavy atom. The van der Waals surface area contributed by atoms with Crippen LogP contribution in [0.2, 0.25) is 0 Å². The van der Waals surface area contributed by atoms with Gasteiger partial charge in [0.15, 0.2) is 16.0 Å². The third-order valence-corrected chi connectivity index (χ3v) is 6.67. The fourth-order valence-corrected chi connectivity index (χ4v) is 4.98. The van der Waals surface area contributed by atoms with E-state index < -0.39 is 45.8 Å².